The first-order chi connectivity index (χ1) is 8.77. The van der Waals surface area contributed by atoms with Crippen molar-refractivity contribution in [1.29, 1.82) is 0 Å². The minimum Gasteiger partial charge on any atom is -0.379 e. The second kappa shape index (κ2) is 5.94. The van der Waals surface area contributed by atoms with E-state index in [1.54, 1.807) is 13.3 Å². The molecule has 2 unspecified atom stereocenters. The van der Waals surface area contributed by atoms with Crippen molar-refractivity contribution in [3.8, 4) is 0 Å². The van der Waals surface area contributed by atoms with E-state index in [-0.39, 0.29) is 12.1 Å². The third kappa shape index (κ3) is 2.52. The van der Waals surface area contributed by atoms with Crippen LogP contribution in [-0.4, -0.2) is 18.2 Å². The lowest BCUT2D eigenvalue weighted by Gasteiger charge is -2.23. The molecule has 3 nitrogen and oxygen atoms in total. The Morgan fingerprint density at radius 3 is 2.89 bits per heavy atom. The summed E-state index contributed by atoms with van der Waals surface area (Å²) in [5, 5.41) is 2.29. The van der Waals surface area contributed by atoms with E-state index in [1.807, 2.05) is 18.3 Å². The first-order valence-corrected chi connectivity index (χ1v) is 6.39. The minimum atomic E-state index is -0.108. The Hall–Kier alpha value is -1.45. The molecule has 1 aromatic carbocycles. The molecule has 2 rings (SSSR count). The second-order valence-electron chi connectivity index (χ2n) is 4.53. The highest BCUT2D eigenvalue weighted by molar-refractivity contribution is 5.85. The van der Waals surface area contributed by atoms with Gasteiger partial charge in [0.1, 0.15) is 0 Å². The highest BCUT2D eigenvalue weighted by Crippen LogP contribution is 2.26. The number of fused-ring (bicyclic) bond motifs is 1. The molecule has 1 heterocycles. The summed E-state index contributed by atoms with van der Waals surface area (Å²) in [5.74, 6) is 0. The molecule has 0 aliphatic heterocycles. The zero-order chi connectivity index (χ0) is 13.0. The van der Waals surface area contributed by atoms with Gasteiger partial charge in [-0.3, -0.25) is 4.98 Å². The SMILES string of the molecule is CCCC(OC)C(N)c1cccc2ccncc12. The Kier molecular flexibility index (Phi) is 4.28. The van der Waals surface area contributed by atoms with Crippen LogP contribution >= 0.6 is 0 Å². The zero-order valence-corrected chi connectivity index (χ0v) is 11.0. The summed E-state index contributed by atoms with van der Waals surface area (Å²) in [7, 11) is 1.73. The van der Waals surface area contributed by atoms with Gasteiger partial charge in [-0.1, -0.05) is 31.5 Å². The fourth-order valence-corrected chi connectivity index (χ4v) is 2.36. The predicted octanol–water partition coefficient (Wildman–Crippen LogP) is 3.05. The zero-order valence-electron chi connectivity index (χ0n) is 11.0. The molecule has 0 saturated carbocycles. The number of aromatic nitrogens is 1. The lowest BCUT2D eigenvalue weighted by atomic mass is 9.95. The van der Waals surface area contributed by atoms with Gasteiger partial charge in [0.05, 0.1) is 12.1 Å². The van der Waals surface area contributed by atoms with Crippen molar-refractivity contribution in [3.63, 3.8) is 0 Å². The molecule has 96 valence electrons. The topological polar surface area (TPSA) is 48.1 Å². The summed E-state index contributed by atoms with van der Waals surface area (Å²) in [4.78, 5) is 4.19. The normalized spacial score (nSPS) is 14.6. The standard InChI is InChI=1S/C15H20N2O/c1-3-5-14(18-2)15(16)12-7-4-6-11-8-9-17-10-13(11)12/h4,6-10,14-15H,3,5,16H2,1-2H3. The Morgan fingerprint density at radius 2 is 2.17 bits per heavy atom. The van der Waals surface area contributed by atoms with Crippen molar-refractivity contribution >= 4 is 10.8 Å². The maximum absolute atomic E-state index is 6.35. The van der Waals surface area contributed by atoms with Gasteiger partial charge < -0.3 is 10.5 Å². The number of hydrogen-bond acceptors (Lipinski definition) is 3. The molecule has 2 N–H and O–H groups in total. The van der Waals surface area contributed by atoms with Gasteiger partial charge in [-0.25, -0.2) is 0 Å². The van der Waals surface area contributed by atoms with Gasteiger partial charge in [0.15, 0.2) is 0 Å². The van der Waals surface area contributed by atoms with Gasteiger partial charge in [-0.15, -0.1) is 0 Å². The van der Waals surface area contributed by atoms with E-state index in [2.05, 4.69) is 24.0 Å². The van der Waals surface area contributed by atoms with E-state index in [0.717, 1.165) is 23.8 Å². The average molecular weight is 244 g/mol. The second-order valence-corrected chi connectivity index (χ2v) is 4.53. The van der Waals surface area contributed by atoms with Crippen LogP contribution in [0.15, 0.2) is 36.7 Å². The third-order valence-corrected chi connectivity index (χ3v) is 3.35. The molecule has 18 heavy (non-hydrogen) atoms. The summed E-state index contributed by atoms with van der Waals surface area (Å²) in [6.45, 7) is 2.14. The number of nitrogens with zero attached hydrogens (tertiary/aromatic N) is 1. The highest BCUT2D eigenvalue weighted by Gasteiger charge is 2.19. The van der Waals surface area contributed by atoms with Crippen LogP contribution in [0.25, 0.3) is 10.8 Å². The quantitative estimate of drug-likeness (QED) is 0.879. The van der Waals surface area contributed by atoms with Gasteiger partial charge >= 0.3 is 0 Å². The molecule has 0 radical (unpaired) electrons. The van der Waals surface area contributed by atoms with Crippen LogP contribution in [0.2, 0.25) is 0 Å². The number of pyridine rings is 1. The highest BCUT2D eigenvalue weighted by atomic mass is 16.5. The summed E-state index contributed by atoms with van der Waals surface area (Å²) in [5.41, 5.74) is 7.46. The number of benzene rings is 1. The van der Waals surface area contributed by atoms with Crippen molar-refractivity contribution < 1.29 is 4.74 Å². The number of rotatable bonds is 5. The Labute approximate surface area is 108 Å². The maximum Gasteiger partial charge on any atom is 0.0764 e. The number of nitrogens with two attached hydrogens (primary N) is 1. The molecule has 0 amide bonds. The van der Waals surface area contributed by atoms with Crippen molar-refractivity contribution in [2.75, 3.05) is 7.11 Å². The monoisotopic (exact) mass is 244 g/mol. The number of hydrogen-bond donors (Lipinski definition) is 1. The van der Waals surface area contributed by atoms with E-state index < -0.39 is 0 Å². The molecule has 0 fully saturated rings. The molecule has 1 aromatic heterocycles. The van der Waals surface area contributed by atoms with Crippen molar-refractivity contribution in [2.24, 2.45) is 5.73 Å². The van der Waals surface area contributed by atoms with Crippen molar-refractivity contribution in [3.05, 3.63) is 42.2 Å². The van der Waals surface area contributed by atoms with E-state index in [4.69, 9.17) is 10.5 Å². The van der Waals surface area contributed by atoms with Crippen molar-refractivity contribution in [2.45, 2.75) is 31.9 Å². The summed E-state index contributed by atoms with van der Waals surface area (Å²) >= 11 is 0. The lowest BCUT2D eigenvalue weighted by molar-refractivity contribution is 0.0729. The molecule has 0 spiro atoms. The molecular weight excluding hydrogens is 224 g/mol. The first-order valence-electron chi connectivity index (χ1n) is 6.39. The van der Waals surface area contributed by atoms with Gasteiger partial charge in [0, 0.05) is 24.9 Å². The summed E-state index contributed by atoms with van der Waals surface area (Å²) in [6, 6.07) is 8.08. The van der Waals surface area contributed by atoms with Gasteiger partial charge in [0.2, 0.25) is 0 Å². The molecule has 2 aromatic rings. The van der Waals surface area contributed by atoms with E-state index in [0.29, 0.717) is 0 Å². The Bertz CT molecular complexity index is 507. The van der Waals surface area contributed by atoms with Crippen LogP contribution < -0.4 is 5.73 Å². The van der Waals surface area contributed by atoms with Crippen LogP contribution in [0.3, 0.4) is 0 Å². The molecule has 0 saturated heterocycles. The summed E-state index contributed by atoms with van der Waals surface area (Å²) < 4.78 is 5.51. The van der Waals surface area contributed by atoms with Crippen LogP contribution in [0.5, 0.6) is 0 Å². The third-order valence-electron chi connectivity index (χ3n) is 3.35. The van der Waals surface area contributed by atoms with Crippen molar-refractivity contribution in [1.82, 2.24) is 4.98 Å². The molecule has 3 heteroatoms. The number of ether oxygens (including phenoxy) is 1. The predicted molar refractivity (Wildman–Crippen MR) is 74.4 cm³/mol. The molecule has 2 atom stereocenters. The van der Waals surface area contributed by atoms with Crippen LogP contribution in [0.1, 0.15) is 31.4 Å². The molecule has 0 bridgehead atoms. The van der Waals surface area contributed by atoms with Gasteiger partial charge in [-0.2, -0.15) is 0 Å². The van der Waals surface area contributed by atoms with Gasteiger partial charge in [-0.05, 0) is 23.4 Å². The molecule has 0 aliphatic rings. The smallest absolute Gasteiger partial charge is 0.0764 e. The molecule has 0 aliphatic carbocycles. The Morgan fingerprint density at radius 1 is 1.33 bits per heavy atom. The van der Waals surface area contributed by atoms with Crippen LogP contribution in [-0.2, 0) is 4.74 Å². The molecular formula is C15H20N2O. The average Bonchev–Trinajstić information content (AvgIpc) is 2.43. The van der Waals surface area contributed by atoms with Gasteiger partial charge in [0.25, 0.3) is 0 Å². The number of methoxy groups -OCH3 is 1. The van der Waals surface area contributed by atoms with E-state index >= 15 is 0 Å². The van der Waals surface area contributed by atoms with Crippen LogP contribution in [0.4, 0.5) is 0 Å². The van der Waals surface area contributed by atoms with Crippen LogP contribution in [0, 0.1) is 0 Å². The Balaban J connectivity index is 2.40. The summed E-state index contributed by atoms with van der Waals surface area (Å²) in [6.07, 6.45) is 5.77. The fraction of sp³-hybridized carbons (Fsp3) is 0.400. The largest absolute Gasteiger partial charge is 0.379 e. The minimum absolute atomic E-state index is 0.0563. The van der Waals surface area contributed by atoms with E-state index in [1.165, 1.54) is 5.39 Å². The fourth-order valence-electron chi connectivity index (χ4n) is 2.36. The first kappa shape index (κ1) is 13.0. The van der Waals surface area contributed by atoms with E-state index in [9.17, 15) is 0 Å². The lowest BCUT2D eigenvalue weighted by Crippen LogP contribution is -2.28. The maximum atomic E-state index is 6.35.